The predicted molar refractivity (Wildman–Crippen MR) is 104 cm³/mol. The van der Waals surface area contributed by atoms with Gasteiger partial charge in [-0.05, 0) is 35.8 Å². The van der Waals surface area contributed by atoms with E-state index in [0.29, 0.717) is 6.61 Å². The molecule has 0 fully saturated rings. The van der Waals surface area contributed by atoms with Crippen LogP contribution in [-0.2, 0) is 20.2 Å². The van der Waals surface area contributed by atoms with Crippen LogP contribution in [0.3, 0.4) is 0 Å². The predicted octanol–water partition coefficient (Wildman–Crippen LogP) is 2.58. The molecule has 0 aromatic heterocycles. The minimum absolute atomic E-state index is 0.0120. The zero-order valence-electron chi connectivity index (χ0n) is 15.9. The van der Waals surface area contributed by atoms with Gasteiger partial charge < -0.3 is 29.3 Å². The summed E-state index contributed by atoms with van der Waals surface area (Å²) in [6.07, 6.45) is 0. The highest BCUT2D eigenvalue weighted by atomic mass is 31.2. The number of carbonyl (C=O) groups is 1. The van der Waals surface area contributed by atoms with Crippen molar-refractivity contribution < 1.29 is 37.9 Å². The van der Waals surface area contributed by atoms with Gasteiger partial charge in [0.15, 0.2) is 8.32 Å². The molecule has 27 heavy (non-hydrogen) atoms. The molecule has 0 saturated carbocycles. The van der Waals surface area contributed by atoms with Gasteiger partial charge in [-0.3, -0.25) is 13.9 Å². The van der Waals surface area contributed by atoms with E-state index >= 15 is 0 Å². The SMILES string of the molecule is CC(C)(C)[Si](C)(C)OCc1ccc(C(=O)NC(P(=O)(O)O)P(=O)(O)O)cc1. The van der Waals surface area contributed by atoms with Crippen molar-refractivity contribution in [1.29, 1.82) is 0 Å². The first kappa shape index (κ1) is 24.2. The monoisotopic (exact) mass is 439 g/mol. The lowest BCUT2D eigenvalue weighted by molar-refractivity contribution is 0.0948. The fourth-order valence-electron chi connectivity index (χ4n) is 1.80. The third-order valence-corrected chi connectivity index (χ3v) is 12.3. The van der Waals surface area contributed by atoms with Gasteiger partial charge in [-0.1, -0.05) is 32.9 Å². The maximum Gasteiger partial charge on any atom is 0.360 e. The van der Waals surface area contributed by atoms with E-state index in [2.05, 4.69) is 33.9 Å². The summed E-state index contributed by atoms with van der Waals surface area (Å²) in [4.78, 5) is 48.3. The molecular formula is C15H27NO8P2Si. The molecule has 0 aliphatic heterocycles. The Balaban J connectivity index is 2.86. The van der Waals surface area contributed by atoms with Gasteiger partial charge in [0.2, 0.25) is 5.52 Å². The van der Waals surface area contributed by atoms with Crippen LogP contribution in [0.1, 0.15) is 36.7 Å². The lowest BCUT2D eigenvalue weighted by atomic mass is 10.1. The van der Waals surface area contributed by atoms with Crippen LogP contribution in [0.2, 0.25) is 18.1 Å². The topological polar surface area (TPSA) is 153 Å². The number of carbonyl (C=O) groups excluding carboxylic acids is 1. The van der Waals surface area contributed by atoms with Gasteiger partial charge in [-0.2, -0.15) is 0 Å². The van der Waals surface area contributed by atoms with E-state index in [1.807, 2.05) is 0 Å². The first-order chi connectivity index (χ1) is 11.9. The Morgan fingerprint density at radius 1 is 1.07 bits per heavy atom. The molecule has 0 spiro atoms. The van der Waals surface area contributed by atoms with Crippen LogP contribution in [0, 0.1) is 0 Å². The molecular weight excluding hydrogens is 412 g/mol. The van der Waals surface area contributed by atoms with Crippen molar-refractivity contribution >= 4 is 29.4 Å². The van der Waals surface area contributed by atoms with E-state index in [4.69, 9.17) is 24.0 Å². The van der Waals surface area contributed by atoms with Crippen molar-refractivity contribution in [3.8, 4) is 0 Å². The quantitative estimate of drug-likeness (QED) is 0.321. The standard InChI is InChI=1S/C15H27NO8P2Si/c1-15(2,3)27(4,5)24-10-11-6-8-12(9-7-11)13(17)16-14(25(18,19)20)26(21,22)23/h6-9,14H,10H2,1-5H3,(H,16,17)(H2,18,19,20)(H2,21,22,23). The highest BCUT2D eigenvalue weighted by Gasteiger charge is 2.44. The first-order valence-corrected chi connectivity index (χ1v) is 14.4. The second-order valence-electron chi connectivity index (χ2n) is 7.77. The van der Waals surface area contributed by atoms with E-state index in [1.165, 1.54) is 12.1 Å². The van der Waals surface area contributed by atoms with Crippen molar-refractivity contribution in [2.75, 3.05) is 0 Å². The lowest BCUT2D eigenvalue weighted by Crippen LogP contribution is -2.40. The number of hydrogen-bond donors (Lipinski definition) is 5. The first-order valence-electron chi connectivity index (χ1n) is 8.09. The Labute approximate surface area is 159 Å². The average molecular weight is 439 g/mol. The summed E-state index contributed by atoms with van der Waals surface area (Å²) in [5.74, 6) is -0.997. The molecule has 0 heterocycles. The van der Waals surface area contributed by atoms with E-state index in [-0.39, 0.29) is 10.6 Å². The van der Waals surface area contributed by atoms with Crippen molar-refractivity contribution in [2.24, 2.45) is 0 Å². The molecule has 9 nitrogen and oxygen atoms in total. The Kier molecular flexibility index (Phi) is 7.41. The van der Waals surface area contributed by atoms with Gasteiger partial charge in [-0.15, -0.1) is 0 Å². The number of nitrogens with one attached hydrogen (secondary N) is 1. The van der Waals surface area contributed by atoms with Crippen molar-refractivity contribution in [3.05, 3.63) is 35.4 Å². The van der Waals surface area contributed by atoms with E-state index in [1.54, 1.807) is 17.4 Å². The van der Waals surface area contributed by atoms with Gasteiger partial charge in [0.05, 0.1) is 6.61 Å². The maximum absolute atomic E-state index is 12.1. The summed E-state index contributed by atoms with van der Waals surface area (Å²) >= 11 is 0. The Morgan fingerprint density at radius 3 is 1.89 bits per heavy atom. The van der Waals surface area contributed by atoms with Crippen molar-refractivity contribution in [1.82, 2.24) is 5.32 Å². The summed E-state index contributed by atoms with van der Waals surface area (Å²) < 4.78 is 28.5. The Hall–Kier alpha value is -0.833. The number of hydrogen-bond acceptors (Lipinski definition) is 4. The van der Waals surface area contributed by atoms with Crippen LogP contribution in [0.5, 0.6) is 0 Å². The third-order valence-electron chi connectivity index (χ3n) is 4.52. The molecule has 0 aliphatic carbocycles. The molecule has 1 rings (SSSR count). The minimum Gasteiger partial charge on any atom is -0.413 e. The van der Waals surface area contributed by atoms with E-state index in [0.717, 1.165) is 5.56 Å². The second-order valence-corrected chi connectivity index (χ2v) is 16.4. The minimum atomic E-state index is -5.24. The fourth-order valence-corrected chi connectivity index (χ4v) is 4.90. The van der Waals surface area contributed by atoms with Crippen molar-refractivity contribution in [3.63, 3.8) is 0 Å². The van der Waals surface area contributed by atoms with Gasteiger partial charge in [0.1, 0.15) is 0 Å². The molecule has 0 saturated heterocycles. The number of benzene rings is 1. The number of amides is 1. The lowest BCUT2D eigenvalue weighted by Gasteiger charge is -2.36. The van der Waals surface area contributed by atoms with Crippen molar-refractivity contribution in [2.45, 2.75) is 51.0 Å². The maximum atomic E-state index is 12.1. The molecule has 1 aromatic carbocycles. The summed E-state index contributed by atoms with van der Waals surface area (Å²) in [6, 6.07) is 6.03. The van der Waals surface area contributed by atoms with Crippen LogP contribution in [0.4, 0.5) is 0 Å². The molecule has 0 unspecified atom stereocenters. The molecule has 0 atom stereocenters. The summed E-state index contributed by atoms with van der Waals surface area (Å²) in [5, 5.41) is 1.77. The Morgan fingerprint density at radius 2 is 1.52 bits per heavy atom. The van der Waals surface area contributed by atoms with Crippen LogP contribution in [0.15, 0.2) is 24.3 Å². The molecule has 12 heteroatoms. The largest absolute Gasteiger partial charge is 0.413 e. The normalized spacial score (nSPS) is 13.7. The molecule has 5 N–H and O–H groups in total. The molecule has 0 radical (unpaired) electrons. The molecule has 1 aromatic rings. The molecule has 0 bridgehead atoms. The molecule has 154 valence electrons. The smallest absolute Gasteiger partial charge is 0.360 e. The van der Waals surface area contributed by atoms with Gasteiger partial charge in [0.25, 0.3) is 5.91 Å². The van der Waals surface area contributed by atoms with E-state index in [9.17, 15) is 13.9 Å². The van der Waals surface area contributed by atoms with Crippen LogP contribution in [-0.4, -0.2) is 39.3 Å². The summed E-state index contributed by atoms with van der Waals surface area (Å²) in [5.41, 5.74) is -1.77. The van der Waals surface area contributed by atoms with Gasteiger partial charge in [-0.25, -0.2) is 0 Å². The van der Waals surface area contributed by atoms with Gasteiger partial charge >= 0.3 is 15.2 Å². The van der Waals surface area contributed by atoms with Gasteiger partial charge in [0, 0.05) is 5.56 Å². The highest BCUT2D eigenvalue weighted by Crippen LogP contribution is 2.58. The summed E-state index contributed by atoms with van der Waals surface area (Å²) in [6.45, 7) is 10.9. The molecule has 0 aliphatic rings. The second kappa shape index (κ2) is 8.27. The zero-order valence-corrected chi connectivity index (χ0v) is 18.7. The van der Waals surface area contributed by atoms with Crippen LogP contribution < -0.4 is 5.32 Å². The number of rotatable bonds is 7. The van der Waals surface area contributed by atoms with Crippen LogP contribution >= 0.6 is 15.2 Å². The zero-order chi connectivity index (χ0) is 21.3. The van der Waals surface area contributed by atoms with Crippen LogP contribution in [0.25, 0.3) is 0 Å². The van der Waals surface area contributed by atoms with E-state index < -0.39 is 34.9 Å². The molecule has 1 amide bonds. The fraction of sp³-hybridized carbons (Fsp3) is 0.533. The highest BCUT2D eigenvalue weighted by molar-refractivity contribution is 7.70. The average Bonchev–Trinajstić information content (AvgIpc) is 2.47. The third kappa shape index (κ3) is 6.92. The Bertz CT molecular complexity index is 741. The summed E-state index contributed by atoms with van der Waals surface area (Å²) in [7, 11) is -12.4.